The molecule has 0 radical (unpaired) electrons. The maximum atomic E-state index is 6.31. The number of nitrogens with two attached hydrogens (primary N) is 1. The van der Waals surface area contributed by atoms with Crippen molar-refractivity contribution in [1.82, 2.24) is 4.98 Å². The molecule has 0 saturated carbocycles. The van der Waals surface area contributed by atoms with Crippen molar-refractivity contribution < 1.29 is 4.74 Å². The summed E-state index contributed by atoms with van der Waals surface area (Å²) in [6.07, 6.45) is 8.03. The minimum Gasteiger partial charge on any atom is -0.378 e. The van der Waals surface area contributed by atoms with E-state index < -0.39 is 0 Å². The lowest BCUT2D eigenvalue weighted by Crippen LogP contribution is -2.12. The quantitative estimate of drug-likeness (QED) is 0.903. The van der Waals surface area contributed by atoms with Gasteiger partial charge in [0.25, 0.3) is 0 Å². The van der Waals surface area contributed by atoms with Crippen LogP contribution in [0.1, 0.15) is 43.7 Å². The third-order valence-corrected chi connectivity index (χ3v) is 4.12. The summed E-state index contributed by atoms with van der Waals surface area (Å²) in [5.41, 5.74) is 8.55. The van der Waals surface area contributed by atoms with Gasteiger partial charge in [-0.1, -0.05) is 12.1 Å². The Labute approximate surface area is 120 Å². The fraction of sp³-hybridized carbons (Fsp3) is 0.471. The van der Waals surface area contributed by atoms with E-state index in [9.17, 15) is 0 Å². The van der Waals surface area contributed by atoms with Crippen molar-refractivity contribution in [2.75, 3.05) is 6.61 Å². The molecule has 1 fully saturated rings. The van der Waals surface area contributed by atoms with E-state index in [-0.39, 0.29) is 6.04 Å². The molecule has 0 bridgehead atoms. The summed E-state index contributed by atoms with van der Waals surface area (Å²) in [5.74, 6) is 0. The van der Waals surface area contributed by atoms with Crippen LogP contribution in [0.5, 0.6) is 0 Å². The monoisotopic (exact) mass is 270 g/mol. The molecule has 1 aromatic carbocycles. The van der Waals surface area contributed by atoms with Gasteiger partial charge in [-0.15, -0.1) is 0 Å². The fourth-order valence-corrected chi connectivity index (χ4v) is 2.93. The highest BCUT2D eigenvalue weighted by molar-refractivity contribution is 5.79. The predicted molar refractivity (Wildman–Crippen MR) is 81.5 cm³/mol. The van der Waals surface area contributed by atoms with E-state index in [1.165, 1.54) is 23.8 Å². The van der Waals surface area contributed by atoms with Crippen LogP contribution in [-0.2, 0) is 4.74 Å². The molecule has 2 unspecified atom stereocenters. The molecular formula is C17H22N2O. The predicted octanol–water partition coefficient (Wildman–Crippen LogP) is 3.58. The first kappa shape index (κ1) is 13.5. The summed E-state index contributed by atoms with van der Waals surface area (Å²) in [6, 6.07) is 10.5. The molecule has 3 nitrogen and oxygen atoms in total. The van der Waals surface area contributed by atoms with Gasteiger partial charge in [-0.25, -0.2) is 0 Å². The van der Waals surface area contributed by atoms with E-state index >= 15 is 0 Å². The molecule has 3 rings (SSSR count). The number of pyridine rings is 1. The molecule has 0 aliphatic carbocycles. The van der Waals surface area contributed by atoms with Crippen LogP contribution in [0.25, 0.3) is 10.9 Å². The Hall–Kier alpha value is -1.45. The molecule has 2 N–H and O–H groups in total. The molecule has 1 aliphatic heterocycles. The minimum atomic E-state index is 0.112. The van der Waals surface area contributed by atoms with E-state index in [2.05, 4.69) is 29.2 Å². The number of hydrogen-bond donors (Lipinski definition) is 1. The molecular weight excluding hydrogens is 248 g/mol. The average molecular weight is 270 g/mol. The van der Waals surface area contributed by atoms with Crippen LogP contribution in [0, 0.1) is 0 Å². The number of benzene rings is 1. The van der Waals surface area contributed by atoms with Gasteiger partial charge in [0.1, 0.15) is 0 Å². The lowest BCUT2D eigenvalue weighted by Gasteiger charge is -2.14. The second kappa shape index (κ2) is 6.33. The average Bonchev–Trinajstić information content (AvgIpc) is 3.00. The lowest BCUT2D eigenvalue weighted by atomic mass is 9.98. The largest absolute Gasteiger partial charge is 0.378 e. The smallest absolute Gasteiger partial charge is 0.0702 e. The van der Waals surface area contributed by atoms with Crippen LogP contribution in [0.2, 0.25) is 0 Å². The van der Waals surface area contributed by atoms with Crippen molar-refractivity contribution in [3.8, 4) is 0 Å². The van der Waals surface area contributed by atoms with Crippen molar-refractivity contribution in [2.24, 2.45) is 5.73 Å². The van der Waals surface area contributed by atoms with Crippen LogP contribution in [0.15, 0.2) is 36.5 Å². The van der Waals surface area contributed by atoms with Gasteiger partial charge in [-0.05, 0) is 55.9 Å². The molecule has 1 saturated heterocycles. The highest BCUT2D eigenvalue weighted by Gasteiger charge is 2.15. The number of aromatic nitrogens is 1. The number of ether oxygens (including phenoxy) is 1. The number of hydrogen-bond acceptors (Lipinski definition) is 3. The Kier molecular flexibility index (Phi) is 4.28. The highest BCUT2D eigenvalue weighted by atomic mass is 16.5. The molecule has 106 valence electrons. The van der Waals surface area contributed by atoms with Crippen LogP contribution in [-0.4, -0.2) is 17.7 Å². The van der Waals surface area contributed by atoms with Gasteiger partial charge in [0.2, 0.25) is 0 Å². The maximum Gasteiger partial charge on any atom is 0.0702 e. The van der Waals surface area contributed by atoms with Gasteiger partial charge in [-0.3, -0.25) is 4.98 Å². The molecule has 2 atom stereocenters. The van der Waals surface area contributed by atoms with Gasteiger partial charge in [0.05, 0.1) is 11.6 Å². The Morgan fingerprint density at radius 3 is 3.15 bits per heavy atom. The molecule has 2 heterocycles. The summed E-state index contributed by atoms with van der Waals surface area (Å²) in [5, 5.41) is 1.17. The summed E-state index contributed by atoms with van der Waals surface area (Å²) >= 11 is 0. The fourth-order valence-electron chi connectivity index (χ4n) is 2.93. The van der Waals surface area contributed by atoms with E-state index in [0.29, 0.717) is 6.10 Å². The van der Waals surface area contributed by atoms with Gasteiger partial charge in [0, 0.05) is 24.2 Å². The van der Waals surface area contributed by atoms with Crippen LogP contribution >= 0.6 is 0 Å². The maximum absolute atomic E-state index is 6.31. The van der Waals surface area contributed by atoms with Gasteiger partial charge in [0.15, 0.2) is 0 Å². The van der Waals surface area contributed by atoms with Crippen molar-refractivity contribution in [2.45, 2.75) is 44.2 Å². The van der Waals surface area contributed by atoms with Crippen molar-refractivity contribution >= 4 is 10.9 Å². The zero-order chi connectivity index (χ0) is 13.8. The Morgan fingerprint density at radius 2 is 2.30 bits per heavy atom. The van der Waals surface area contributed by atoms with E-state index in [4.69, 9.17) is 10.5 Å². The van der Waals surface area contributed by atoms with Gasteiger partial charge < -0.3 is 10.5 Å². The second-order valence-corrected chi connectivity index (χ2v) is 5.63. The summed E-state index contributed by atoms with van der Waals surface area (Å²) in [6.45, 7) is 0.939. The van der Waals surface area contributed by atoms with E-state index in [0.717, 1.165) is 31.4 Å². The number of nitrogens with zero attached hydrogens (tertiary/aromatic N) is 1. The molecule has 0 amide bonds. The first-order valence-corrected chi connectivity index (χ1v) is 7.55. The summed E-state index contributed by atoms with van der Waals surface area (Å²) in [4.78, 5) is 4.34. The third-order valence-electron chi connectivity index (χ3n) is 4.12. The minimum absolute atomic E-state index is 0.112. The second-order valence-electron chi connectivity index (χ2n) is 5.63. The Morgan fingerprint density at radius 1 is 1.35 bits per heavy atom. The zero-order valence-corrected chi connectivity index (χ0v) is 11.8. The molecule has 2 aromatic rings. The Balaban J connectivity index is 1.58. The van der Waals surface area contributed by atoms with Gasteiger partial charge in [-0.2, -0.15) is 0 Å². The standard InChI is InChI=1S/C17H22N2O/c18-16(7-1-5-15-6-3-11-20-15)13-8-9-17-14(12-13)4-2-10-19-17/h2,4,8-10,12,15-16H,1,3,5-7,11,18H2. The molecule has 0 spiro atoms. The highest BCUT2D eigenvalue weighted by Crippen LogP contribution is 2.23. The SMILES string of the molecule is NC(CCCC1CCCO1)c1ccc2ncccc2c1. The van der Waals surface area contributed by atoms with E-state index in [1.807, 2.05) is 12.3 Å². The molecule has 3 heteroatoms. The van der Waals surface area contributed by atoms with Crippen molar-refractivity contribution in [3.63, 3.8) is 0 Å². The first-order chi connectivity index (χ1) is 9.83. The first-order valence-electron chi connectivity index (χ1n) is 7.55. The normalized spacial score (nSPS) is 20.4. The van der Waals surface area contributed by atoms with E-state index in [1.54, 1.807) is 0 Å². The summed E-state index contributed by atoms with van der Waals surface area (Å²) < 4.78 is 5.65. The molecule has 20 heavy (non-hydrogen) atoms. The van der Waals surface area contributed by atoms with Crippen molar-refractivity contribution in [1.29, 1.82) is 0 Å². The molecule has 1 aliphatic rings. The number of rotatable bonds is 5. The lowest BCUT2D eigenvalue weighted by molar-refractivity contribution is 0.101. The number of fused-ring (bicyclic) bond motifs is 1. The van der Waals surface area contributed by atoms with Gasteiger partial charge >= 0.3 is 0 Å². The van der Waals surface area contributed by atoms with Crippen LogP contribution in [0.3, 0.4) is 0 Å². The third kappa shape index (κ3) is 3.17. The zero-order valence-electron chi connectivity index (χ0n) is 11.8. The molecule has 1 aromatic heterocycles. The topological polar surface area (TPSA) is 48.1 Å². The summed E-state index contributed by atoms with van der Waals surface area (Å²) in [7, 11) is 0. The Bertz CT molecular complexity index is 564. The van der Waals surface area contributed by atoms with Crippen LogP contribution < -0.4 is 5.73 Å². The van der Waals surface area contributed by atoms with Crippen molar-refractivity contribution in [3.05, 3.63) is 42.1 Å². The van der Waals surface area contributed by atoms with Crippen LogP contribution in [0.4, 0.5) is 0 Å².